The van der Waals surface area contributed by atoms with Crippen LogP contribution < -0.4 is 0 Å². The highest BCUT2D eigenvalue weighted by molar-refractivity contribution is 6.44. The first kappa shape index (κ1) is 10.1. The summed E-state index contributed by atoms with van der Waals surface area (Å²) in [5.74, 6) is 0.426. The first-order valence-electron chi connectivity index (χ1n) is 4.33. The van der Waals surface area contributed by atoms with E-state index in [1.165, 1.54) is 0 Å². The molecule has 2 rings (SSSR count). The maximum Gasteiger partial charge on any atom is 0.454 e. The third-order valence-corrected chi connectivity index (χ3v) is 2.09. The second-order valence-corrected chi connectivity index (χ2v) is 3.50. The van der Waals surface area contributed by atoms with Crippen LogP contribution in [-0.2, 0) is 0 Å². The molecule has 6 heteroatoms. The standard InChI is InChI=1S/2C3H7BO2/c2*5-4(6)3-1-2-3/h2*3,5-6H,1-2H2. The highest BCUT2D eigenvalue weighted by Crippen LogP contribution is 2.37. The highest BCUT2D eigenvalue weighted by Gasteiger charge is 2.33. The predicted octanol–water partition coefficient (Wildman–Crippen LogP) is -0.754. The molecule has 0 saturated heterocycles. The second kappa shape index (κ2) is 4.28. The fourth-order valence-corrected chi connectivity index (χ4v) is 0.789. The monoisotopic (exact) mass is 172 g/mol. The van der Waals surface area contributed by atoms with Crippen molar-refractivity contribution in [1.82, 2.24) is 0 Å². The molecular formula is C6H14B2O4. The van der Waals surface area contributed by atoms with Crippen LogP contribution >= 0.6 is 0 Å². The molecule has 2 aliphatic rings. The van der Waals surface area contributed by atoms with Crippen LogP contribution in [0.3, 0.4) is 0 Å². The summed E-state index contributed by atoms with van der Waals surface area (Å²) in [5, 5.41) is 33.0. The van der Waals surface area contributed by atoms with Gasteiger partial charge in [-0.05, 0) is 11.6 Å². The van der Waals surface area contributed by atoms with Crippen molar-refractivity contribution in [2.75, 3.05) is 0 Å². The normalized spacial score (nSPS) is 21.0. The van der Waals surface area contributed by atoms with Crippen LogP contribution in [0.4, 0.5) is 0 Å². The largest absolute Gasteiger partial charge is 0.454 e. The van der Waals surface area contributed by atoms with Crippen molar-refractivity contribution in [1.29, 1.82) is 0 Å². The van der Waals surface area contributed by atoms with E-state index in [0.29, 0.717) is 0 Å². The minimum Gasteiger partial charge on any atom is -0.427 e. The average molecular weight is 172 g/mol. The lowest BCUT2D eigenvalue weighted by molar-refractivity contribution is 0.402. The molecule has 12 heavy (non-hydrogen) atoms. The maximum atomic E-state index is 8.25. The summed E-state index contributed by atoms with van der Waals surface area (Å²) in [4.78, 5) is 0. The van der Waals surface area contributed by atoms with Gasteiger partial charge in [0, 0.05) is 0 Å². The van der Waals surface area contributed by atoms with E-state index in [4.69, 9.17) is 20.1 Å². The van der Waals surface area contributed by atoms with Gasteiger partial charge < -0.3 is 20.1 Å². The van der Waals surface area contributed by atoms with Gasteiger partial charge in [-0.3, -0.25) is 0 Å². The van der Waals surface area contributed by atoms with E-state index in [2.05, 4.69) is 0 Å². The number of hydrogen-bond donors (Lipinski definition) is 4. The molecule has 0 bridgehead atoms. The fraction of sp³-hybridized carbons (Fsp3) is 1.00. The van der Waals surface area contributed by atoms with Crippen LogP contribution in [0.2, 0.25) is 11.6 Å². The summed E-state index contributed by atoms with van der Waals surface area (Å²) in [5.41, 5.74) is 0. The van der Waals surface area contributed by atoms with Crippen molar-refractivity contribution in [2.24, 2.45) is 0 Å². The van der Waals surface area contributed by atoms with Crippen LogP contribution in [-0.4, -0.2) is 34.3 Å². The third kappa shape index (κ3) is 4.11. The lowest BCUT2D eigenvalue weighted by Gasteiger charge is -1.84. The Labute approximate surface area is 72.5 Å². The number of hydrogen-bond acceptors (Lipinski definition) is 4. The molecule has 0 spiro atoms. The summed E-state index contributed by atoms with van der Waals surface area (Å²) >= 11 is 0. The van der Waals surface area contributed by atoms with Crippen molar-refractivity contribution in [2.45, 2.75) is 37.3 Å². The van der Waals surface area contributed by atoms with Gasteiger partial charge in [-0.25, -0.2) is 0 Å². The van der Waals surface area contributed by atoms with Crippen molar-refractivity contribution >= 4 is 14.2 Å². The molecule has 0 heterocycles. The fourth-order valence-electron chi connectivity index (χ4n) is 0.789. The van der Waals surface area contributed by atoms with Crippen LogP contribution in [0.15, 0.2) is 0 Å². The summed E-state index contributed by atoms with van der Waals surface area (Å²) in [6.07, 6.45) is 3.99. The molecule has 0 aromatic carbocycles. The molecule has 0 atom stereocenters. The highest BCUT2D eigenvalue weighted by atomic mass is 16.4. The number of rotatable bonds is 2. The van der Waals surface area contributed by atoms with E-state index in [9.17, 15) is 0 Å². The molecule has 0 radical (unpaired) electrons. The molecule has 0 aliphatic heterocycles. The first-order chi connectivity index (χ1) is 5.61. The van der Waals surface area contributed by atoms with Crippen molar-refractivity contribution in [3.8, 4) is 0 Å². The Morgan fingerprint density at radius 2 is 0.917 bits per heavy atom. The topological polar surface area (TPSA) is 80.9 Å². The third-order valence-electron chi connectivity index (χ3n) is 2.09. The van der Waals surface area contributed by atoms with E-state index < -0.39 is 14.2 Å². The van der Waals surface area contributed by atoms with Gasteiger partial charge in [0.2, 0.25) is 0 Å². The van der Waals surface area contributed by atoms with E-state index in [1.807, 2.05) is 0 Å². The van der Waals surface area contributed by atoms with Gasteiger partial charge in [-0.2, -0.15) is 0 Å². The molecule has 2 saturated carbocycles. The Kier molecular flexibility index (Phi) is 3.58. The molecule has 4 nitrogen and oxygen atoms in total. The summed E-state index contributed by atoms with van der Waals surface area (Å²) in [6.45, 7) is 0. The molecule has 0 aromatic rings. The Bertz CT molecular complexity index is 118. The zero-order chi connectivity index (χ0) is 9.14. The van der Waals surface area contributed by atoms with Gasteiger partial charge in [-0.15, -0.1) is 0 Å². The Morgan fingerprint density at radius 1 is 0.667 bits per heavy atom. The minimum absolute atomic E-state index is 0.213. The van der Waals surface area contributed by atoms with Gasteiger partial charge >= 0.3 is 14.2 Å². The smallest absolute Gasteiger partial charge is 0.427 e. The van der Waals surface area contributed by atoms with Crippen molar-refractivity contribution < 1.29 is 20.1 Å². The SMILES string of the molecule is OB(O)C1CC1.OB(O)C1CC1. The maximum absolute atomic E-state index is 8.25. The van der Waals surface area contributed by atoms with Crippen molar-refractivity contribution in [3.05, 3.63) is 0 Å². The quantitative estimate of drug-likeness (QED) is 0.413. The Hall–Kier alpha value is -0.0301. The molecule has 68 valence electrons. The lowest BCUT2D eigenvalue weighted by Crippen LogP contribution is -2.09. The van der Waals surface area contributed by atoms with Gasteiger partial charge in [0.05, 0.1) is 0 Å². The molecule has 0 aromatic heterocycles. The van der Waals surface area contributed by atoms with Crippen LogP contribution in [0.1, 0.15) is 25.7 Å². The molecular weight excluding hydrogens is 158 g/mol. The van der Waals surface area contributed by atoms with E-state index in [-0.39, 0.29) is 11.6 Å². The summed E-state index contributed by atoms with van der Waals surface area (Å²) in [6, 6.07) is 0. The zero-order valence-corrected chi connectivity index (χ0v) is 6.93. The summed E-state index contributed by atoms with van der Waals surface area (Å²) < 4.78 is 0. The molecule has 4 N–H and O–H groups in total. The molecule has 2 fully saturated rings. The predicted molar refractivity (Wildman–Crippen MR) is 46.4 cm³/mol. The van der Waals surface area contributed by atoms with E-state index in [0.717, 1.165) is 25.7 Å². The average Bonchev–Trinajstić information content (AvgIpc) is 2.85. The Morgan fingerprint density at radius 3 is 0.917 bits per heavy atom. The van der Waals surface area contributed by atoms with E-state index >= 15 is 0 Å². The lowest BCUT2D eigenvalue weighted by atomic mass is 9.84. The summed E-state index contributed by atoms with van der Waals surface area (Å²) in [7, 11) is -2.07. The van der Waals surface area contributed by atoms with Gasteiger partial charge in [0.15, 0.2) is 0 Å². The van der Waals surface area contributed by atoms with Crippen LogP contribution in [0.25, 0.3) is 0 Å². The van der Waals surface area contributed by atoms with Gasteiger partial charge in [-0.1, -0.05) is 25.7 Å². The minimum atomic E-state index is -1.04. The second-order valence-electron chi connectivity index (χ2n) is 3.50. The molecule has 2 aliphatic carbocycles. The van der Waals surface area contributed by atoms with Crippen LogP contribution in [0.5, 0.6) is 0 Å². The first-order valence-corrected chi connectivity index (χ1v) is 4.33. The van der Waals surface area contributed by atoms with Gasteiger partial charge in [0.25, 0.3) is 0 Å². The van der Waals surface area contributed by atoms with Crippen LogP contribution in [0, 0.1) is 0 Å². The molecule has 0 unspecified atom stereocenters. The van der Waals surface area contributed by atoms with Crippen molar-refractivity contribution in [3.63, 3.8) is 0 Å². The molecule has 0 amide bonds. The Balaban J connectivity index is 0.000000120. The van der Waals surface area contributed by atoms with Gasteiger partial charge in [0.1, 0.15) is 0 Å². The zero-order valence-electron chi connectivity index (χ0n) is 6.93. The van der Waals surface area contributed by atoms with E-state index in [1.54, 1.807) is 0 Å².